The SMILES string of the molecule is CCCOc1ccc(C(=O)c2ccc(OC)nn2)cc1. The molecule has 0 aliphatic carbocycles. The number of hydrogen-bond acceptors (Lipinski definition) is 5. The summed E-state index contributed by atoms with van der Waals surface area (Å²) >= 11 is 0. The lowest BCUT2D eigenvalue weighted by molar-refractivity contribution is 0.103. The Hall–Kier alpha value is -2.43. The summed E-state index contributed by atoms with van der Waals surface area (Å²) in [7, 11) is 1.50. The van der Waals surface area contributed by atoms with Crippen LogP contribution < -0.4 is 9.47 Å². The van der Waals surface area contributed by atoms with Gasteiger partial charge in [-0.15, -0.1) is 10.2 Å². The first-order valence-electron chi connectivity index (χ1n) is 6.40. The predicted molar refractivity (Wildman–Crippen MR) is 74.2 cm³/mol. The lowest BCUT2D eigenvalue weighted by atomic mass is 10.1. The molecule has 0 saturated carbocycles. The molecule has 0 amide bonds. The molecule has 0 fully saturated rings. The van der Waals surface area contributed by atoms with E-state index in [-0.39, 0.29) is 11.5 Å². The van der Waals surface area contributed by atoms with Crippen LogP contribution in [0, 0.1) is 0 Å². The third-order valence-electron chi connectivity index (χ3n) is 2.67. The smallest absolute Gasteiger partial charge is 0.233 e. The number of nitrogens with zero attached hydrogens (tertiary/aromatic N) is 2. The van der Waals surface area contributed by atoms with Gasteiger partial charge < -0.3 is 9.47 Å². The second kappa shape index (κ2) is 6.65. The topological polar surface area (TPSA) is 61.3 Å². The van der Waals surface area contributed by atoms with Crippen LogP contribution in [0.15, 0.2) is 36.4 Å². The quantitative estimate of drug-likeness (QED) is 0.756. The van der Waals surface area contributed by atoms with Gasteiger partial charge in [0, 0.05) is 11.6 Å². The van der Waals surface area contributed by atoms with E-state index in [1.54, 1.807) is 36.4 Å². The van der Waals surface area contributed by atoms with Crippen LogP contribution in [0.5, 0.6) is 11.6 Å². The van der Waals surface area contributed by atoms with Crippen molar-refractivity contribution in [2.75, 3.05) is 13.7 Å². The fourth-order valence-electron chi connectivity index (χ4n) is 1.62. The van der Waals surface area contributed by atoms with Crippen LogP contribution >= 0.6 is 0 Å². The minimum atomic E-state index is -0.179. The zero-order chi connectivity index (χ0) is 14.4. The molecule has 0 unspecified atom stereocenters. The zero-order valence-corrected chi connectivity index (χ0v) is 11.5. The Balaban J connectivity index is 2.11. The average molecular weight is 272 g/mol. The molecule has 0 aliphatic rings. The van der Waals surface area contributed by atoms with E-state index in [2.05, 4.69) is 10.2 Å². The largest absolute Gasteiger partial charge is 0.494 e. The Bertz CT molecular complexity index is 565. The highest BCUT2D eigenvalue weighted by atomic mass is 16.5. The fraction of sp³-hybridized carbons (Fsp3) is 0.267. The number of rotatable bonds is 6. The van der Waals surface area contributed by atoms with E-state index in [4.69, 9.17) is 9.47 Å². The van der Waals surface area contributed by atoms with Gasteiger partial charge in [0.1, 0.15) is 11.4 Å². The first-order valence-corrected chi connectivity index (χ1v) is 6.40. The molecule has 0 aliphatic heterocycles. The fourth-order valence-corrected chi connectivity index (χ4v) is 1.62. The summed E-state index contributed by atoms with van der Waals surface area (Å²) in [6.45, 7) is 2.71. The third kappa shape index (κ3) is 3.32. The molecule has 1 aromatic heterocycles. The highest BCUT2D eigenvalue weighted by Gasteiger charge is 2.11. The van der Waals surface area contributed by atoms with Crippen LogP contribution in [0.3, 0.4) is 0 Å². The molecule has 104 valence electrons. The lowest BCUT2D eigenvalue weighted by Gasteiger charge is -2.05. The standard InChI is InChI=1S/C15H16N2O3/c1-3-10-20-12-6-4-11(5-7-12)15(18)13-8-9-14(19-2)17-16-13/h4-9H,3,10H2,1-2H3. The van der Waals surface area contributed by atoms with Gasteiger partial charge in [-0.2, -0.15) is 0 Å². The first kappa shape index (κ1) is 14.0. The van der Waals surface area contributed by atoms with Crippen LogP contribution in [0.4, 0.5) is 0 Å². The number of benzene rings is 1. The normalized spacial score (nSPS) is 10.1. The van der Waals surface area contributed by atoms with E-state index in [0.717, 1.165) is 12.2 Å². The van der Waals surface area contributed by atoms with E-state index in [1.165, 1.54) is 7.11 Å². The zero-order valence-electron chi connectivity index (χ0n) is 11.5. The third-order valence-corrected chi connectivity index (χ3v) is 2.67. The number of carbonyl (C=O) groups excluding carboxylic acids is 1. The monoisotopic (exact) mass is 272 g/mol. The molecular weight excluding hydrogens is 256 g/mol. The van der Waals surface area contributed by atoms with Gasteiger partial charge in [-0.3, -0.25) is 4.79 Å². The summed E-state index contributed by atoms with van der Waals surface area (Å²) < 4.78 is 10.4. The molecule has 1 aromatic carbocycles. The molecule has 0 saturated heterocycles. The van der Waals surface area contributed by atoms with E-state index >= 15 is 0 Å². The molecule has 20 heavy (non-hydrogen) atoms. The predicted octanol–water partition coefficient (Wildman–Crippen LogP) is 2.51. The molecule has 0 atom stereocenters. The van der Waals surface area contributed by atoms with Crippen LogP contribution in [0.1, 0.15) is 29.4 Å². The molecule has 0 spiro atoms. The van der Waals surface area contributed by atoms with Crippen molar-refractivity contribution in [2.45, 2.75) is 13.3 Å². The lowest BCUT2D eigenvalue weighted by Crippen LogP contribution is -2.06. The number of aromatic nitrogens is 2. The molecule has 2 rings (SSSR count). The summed E-state index contributed by atoms with van der Waals surface area (Å²) in [5.74, 6) is 0.955. The number of hydrogen-bond donors (Lipinski definition) is 0. The minimum absolute atomic E-state index is 0.179. The van der Waals surface area contributed by atoms with Crippen molar-refractivity contribution in [3.63, 3.8) is 0 Å². The van der Waals surface area contributed by atoms with Crippen molar-refractivity contribution >= 4 is 5.78 Å². The van der Waals surface area contributed by atoms with Gasteiger partial charge >= 0.3 is 0 Å². The van der Waals surface area contributed by atoms with Gasteiger partial charge in [0.05, 0.1) is 13.7 Å². The summed E-state index contributed by atoms with van der Waals surface area (Å²) in [5.41, 5.74) is 0.835. The van der Waals surface area contributed by atoms with E-state index < -0.39 is 0 Å². The molecule has 5 nitrogen and oxygen atoms in total. The Kier molecular flexibility index (Phi) is 4.65. The summed E-state index contributed by atoms with van der Waals surface area (Å²) in [6.07, 6.45) is 0.947. The van der Waals surface area contributed by atoms with Gasteiger partial charge in [0.25, 0.3) is 0 Å². The van der Waals surface area contributed by atoms with Crippen molar-refractivity contribution in [3.8, 4) is 11.6 Å². The minimum Gasteiger partial charge on any atom is -0.494 e. The highest BCUT2D eigenvalue weighted by molar-refractivity contribution is 6.07. The van der Waals surface area contributed by atoms with Crippen LogP contribution in [-0.2, 0) is 0 Å². The average Bonchev–Trinajstić information content (AvgIpc) is 2.53. The van der Waals surface area contributed by atoms with Crippen LogP contribution in [0.2, 0.25) is 0 Å². The van der Waals surface area contributed by atoms with E-state index in [1.807, 2.05) is 6.92 Å². The number of carbonyl (C=O) groups is 1. The van der Waals surface area contributed by atoms with Crippen molar-refractivity contribution in [2.24, 2.45) is 0 Å². The van der Waals surface area contributed by atoms with Crippen LogP contribution in [0.25, 0.3) is 0 Å². The van der Waals surface area contributed by atoms with E-state index in [9.17, 15) is 4.79 Å². The summed E-state index contributed by atoms with van der Waals surface area (Å²) in [4.78, 5) is 12.2. The van der Waals surface area contributed by atoms with Gasteiger partial charge in [-0.25, -0.2) is 0 Å². The molecule has 0 bridgehead atoms. The molecule has 5 heteroatoms. The first-order chi connectivity index (χ1) is 9.74. The highest BCUT2D eigenvalue weighted by Crippen LogP contribution is 2.15. The Labute approximate surface area is 117 Å². The second-order valence-electron chi connectivity index (χ2n) is 4.16. The Morgan fingerprint density at radius 3 is 2.40 bits per heavy atom. The maximum absolute atomic E-state index is 12.2. The Morgan fingerprint density at radius 2 is 1.85 bits per heavy atom. The number of ether oxygens (including phenoxy) is 2. The van der Waals surface area contributed by atoms with E-state index in [0.29, 0.717) is 18.1 Å². The number of methoxy groups -OCH3 is 1. The molecule has 0 N–H and O–H groups in total. The van der Waals surface area contributed by atoms with Crippen molar-refractivity contribution < 1.29 is 14.3 Å². The van der Waals surface area contributed by atoms with Gasteiger partial charge in [0.2, 0.25) is 11.7 Å². The van der Waals surface area contributed by atoms with Gasteiger partial charge in [0.15, 0.2) is 0 Å². The second-order valence-corrected chi connectivity index (χ2v) is 4.16. The molecular formula is C15H16N2O3. The Morgan fingerprint density at radius 1 is 1.10 bits per heavy atom. The van der Waals surface area contributed by atoms with Gasteiger partial charge in [-0.1, -0.05) is 6.92 Å². The maximum Gasteiger partial charge on any atom is 0.233 e. The van der Waals surface area contributed by atoms with Crippen LogP contribution in [-0.4, -0.2) is 29.7 Å². The summed E-state index contributed by atoms with van der Waals surface area (Å²) in [6, 6.07) is 10.2. The summed E-state index contributed by atoms with van der Waals surface area (Å²) in [5, 5.41) is 7.63. The molecule has 2 aromatic rings. The van der Waals surface area contributed by atoms with Crippen molar-refractivity contribution in [1.82, 2.24) is 10.2 Å². The van der Waals surface area contributed by atoms with Gasteiger partial charge in [-0.05, 0) is 36.8 Å². The molecule has 1 heterocycles. The van der Waals surface area contributed by atoms with Crippen molar-refractivity contribution in [3.05, 3.63) is 47.7 Å². The maximum atomic E-state index is 12.2. The number of ketones is 1. The molecule has 0 radical (unpaired) electrons. The van der Waals surface area contributed by atoms with Crippen molar-refractivity contribution in [1.29, 1.82) is 0 Å².